The van der Waals surface area contributed by atoms with Crippen LogP contribution in [-0.2, 0) is 5.41 Å². The van der Waals surface area contributed by atoms with Gasteiger partial charge in [-0.25, -0.2) is 0 Å². The van der Waals surface area contributed by atoms with Crippen molar-refractivity contribution in [2.75, 3.05) is 0 Å². The highest BCUT2D eigenvalue weighted by atomic mass is 16.3. The number of furan rings is 1. The zero-order valence-electron chi connectivity index (χ0n) is 21.5. The molecule has 0 aliphatic heterocycles. The maximum absolute atomic E-state index is 6.47. The molecule has 0 bridgehead atoms. The van der Waals surface area contributed by atoms with Crippen LogP contribution in [-0.4, -0.2) is 0 Å². The minimum atomic E-state index is -0.346. The lowest BCUT2D eigenvalue weighted by Gasteiger charge is -2.30. The number of benzene rings is 6. The number of aryl methyl sites for hydroxylation is 1. The smallest absolute Gasteiger partial charge is 0.143 e. The van der Waals surface area contributed by atoms with Gasteiger partial charge in [0.2, 0.25) is 0 Å². The first-order valence-corrected chi connectivity index (χ1v) is 13.6. The van der Waals surface area contributed by atoms with E-state index in [0.29, 0.717) is 0 Å². The molecule has 0 radical (unpaired) electrons. The average molecular weight is 497 g/mol. The summed E-state index contributed by atoms with van der Waals surface area (Å²) >= 11 is 0. The predicted octanol–water partition coefficient (Wildman–Crippen LogP) is 9.90. The van der Waals surface area contributed by atoms with Gasteiger partial charge < -0.3 is 4.42 Å². The SMILES string of the molecule is Cc1cccc2c1-c1ccc(-c3cccc4c3oc3ccccc34)cc1C21c2ccccc2-c2ccccc21. The van der Waals surface area contributed by atoms with Crippen LogP contribution in [0.15, 0.2) is 132 Å². The van der Waals surface area contributed by atoms with E-state index in [4.69, 9.17) is 4.42 Å². The summed E-state index contributed by atoms with van der Waals surface area (Å²) in [5, 5.41) is 2.32. The number of rotatable bonds is 1. The van der Waals surface area contributed by atoms with Crippen molar-refractivity contribution < 1.29 is 4.42 Å². The molecule has 1 nitrogen and oxygen atoms in total. The Morgan fingerprint density at radius 1 is 0.487 bits per heavy atom. The molecule has 0 unspecified atom stereocenters. The lowest BCUT2D eigenvalue weighted by Crippen LogP contribution is -2.25. The van der Waals surface area contributed by atoms with Crippen LogP contribution in [0, 0.1) is 6.92 Å². The van der Waals surface area contributed by atoms with Gasteiger partial charge in [0.15, 0.2) is 0 Å². The van der Waals surface area contributed by atoms with Crippen LogP contribution in [0.1, 0.15) is 27.8 Å². The van der Waals surface area contributed by atoms with Crippen LogP contribution in [0.2, 0.25) is 0 Å². The first kappa shape index (κ1) is 21.1. The molecule has 0 fully saturated rings. The summed E-state index contributed by atoms with van der Waals surface area (Å²) in [7, 11) is 0. The minimum absolute atomic E-state index is 0.346. The molecule has 0 saturated carbocycles. The zero-order chi connectivity index (χ0) is 25.7. The first-order chi connectivity index (χ1) is 19.3. The topological polar surface area (TPSA) is 13.1 Å². The van der Waals surface area contributed by atoms with E-state index >= 15 is 0 Å². The highest BCUT2D eigenvalue weighted by Gasteiger charge is 2.51. The van der Waals surface area contributed by atoms with E-state index in [1.165, 1.54) is 55.6 Å². The van der Waals surface area contributed by atoms with E-state index < -0.39 is 0 Å². The molecule has 1 heteroatoms. The standard InChI is InChI=1S/C38H24O/c1-23-10-8-18-33-36(23)30-21-20-24(25-14-9-15-29-28-13-4-7-19-35(28)39-37(25)29)22-34(30)38(33)31-16-5-2-11-26(31)27-12-3-6-17-32(27)38/h2-22H,1H3. The van der Waals surface area contributed by atoms with Gasteiger partial charge in [-0.2, -0.15) is 0 Å². The third-order valence-electron chi connectivity index (χ3n) is 9.04. The third-order valence-corrected chi connectivity index (χ3v) is 9.04. The summed E-state index contributed by atoms with van der Waals surface area (Å²) in [4.78, 5) is 0. The van der Waals surface area contributed by atoms with Crippen molar-refractivity contribution in [3.05, 3.63) is 155 Å². The summed E-state index contributed by atoms with van der Waals surface area (Å²) in [6, 6.07) is 46.7. The fourth-order valence-electron chi connectivity index (χ4n) is 7.51. The van der Waals surface area contributed by atoms with Gasteiger partial charge in [0.1, 0.15) is 11.2 Å². The Bertz CT molecular complexity index is 2100. The van der Waals surface area contributed by atoms with E-state index in [1.807, 2.05) is 6.07 Å². The van der Waals surface area contributed by atoms with Gasteiger partial charge in [-0.1, -0.05) is 115 Å². The van der Waals surface area contributed by atoms with Crippen LogP contribution >= 0.6 is 0 Å². The molecule has 1 aromatic heterocycles. The van der Waals surface area contributed by atoms with Gasteiger partial charge >= 0.3 is 0 Å². The number of para-hydroxylation sites is 2. The molecular formula is C38H24O. The van der Waals surface area contributed by atoms with Crippen molar-refractivity contribution in [3.63, 3.8) is 0 Å². The quantitative estimate of drug-likeness (QED) is 0.220. The summed E-state index contributed by atoms with van der Waals surface area (Å²) < 4.78 is 6.47. The van der Waals surface area contributed by atoms with E-state index in [1.54, 1.807) is 0 Å². The molecule has 0 saturated heterocycles. The van der Waals surface area contributed by atoms with Gasteiger partial charge in [0, 0.05) is 16.3 Å². The molecule has 0 N–H and O–H groups in total. The van der Waals surface area contributed by atoms with E-state index in [9.17, 15) is 0 Å². The van der Waals surface area contributed by atoms with E-state index in [-0.39, 0.29) is 5.41 Å². The second-order valence-electron chi connectivity index (χ2n) is 10.9. The van der Waals surface area contributed by atoms with Crippen molar-refractivity contribution >= 4 is 21.9 Å². The summed E-state index contributed by atoms with van der Waals surface area (Å²) in [5.74, 6) is 0. The molecule has 182 valence electrons. The molecule has 6 aromatic carbocycles. The largest absolute Gasteiger partial charge is 0.455 e. The molecule has 39 heavy (non-hydrogen) atoms. The Kier molecular flexibility index (Phi) is 3.98. The number of fused-ring (bicyclic) bond motifs is 13. The Morgan fingerprint density at radius 2 is 1.13 bits per heavy atom. The van der Waals surface area contributed by atoms with Crippen molar-refractivity contribution in [1.82, 2.24) is 0 Å². The lowest BCUT2D eigenvalue weighted by atomic mass is 9.70. The molecular weight excluding hydrogens is 472 g/mol. The highest BCUT2D eigenvalue weighted by Crippen LogP contribution is 2.63. The van der Waals surface area contributed by atoms with Gasteiger partial charge in [0.25, 0.3) is 0 Å². The number of hydrogen-bond donors (Lipinski definition) is 0. The second kappa shape index (κ2) is 7.36. The van der Waals surface area contributed by atoms with Crippen LogP contribution in [0.4, 0.5) is 0 Å². The molecule has 1 spiro atoms. The average Bonchev–Trinajstić information content (AvgIpc) is 3.61. The Labute approximate surface area is 227 Å². The van der Waals surface area contributed by atoms with Crippen LogP contribution in [0.5, 0.6) is 0 Å². The lowest BCUT2D eigenvalue weighted by molar-refractivity contribution is 0.670. The van der Waals surface area contributed by atoms with Crippen molar-refractivity contribution in [1.29, 1.82) is 0 Å². The minimum Gasteiger partial charge on any atom is -0.455 e. The van der Waals surface area contributed by atoms with Gasteiger partial charge in [-0.15, -0.1) is 0 Å². The maximum atomic E-state index is 6.47. The van der Waals surface area contributed by atoms with Crippen molar-refractivity contribution in [2.24, 2.45) is 0 Å². The van der Waals surface area contributed by atoms with Gasteiger partial charge in [-0.3, -0.25) is 0 Å². The van der Waals surface area contributed by atoms with E-state index in [2.05, 4.69) is 128 Å². The van der Waals surface area contributed by atoms with Crippen LogP contribution in [0.25, 0.3) is 55.3 Å². The first-order valence-electron chi connectivity index (χ1n) is 13.6. The van der Waals surface area contributed by atoms with E-state index in [0.717, 1.165) is 27.5 Å². The Hall–Kier alpha value is -4.88. The normalized spacial score (nSPS) is 14.0. The Balaban J connectivity index is 1.40. The van der Waals surface area contributed by atoms with Crippen LogP contribution < -0.4 is 0 Å². The fraction of sp³-hybridized carbons (Fsp3) is 0.0526. The monoisotopic (exact) mass is 496 g/mol. The zero-order valence-corrected chi connectivity index (χ0v) is 21.5. The number of hydrogen-bond acceptors (Lipinski definition) is 1. The van der Waals surface area contributed by atoms with Gasteiger partial charge in [0.05, 0.1) is 5.41 Å². The van der Waals surface area contributed by atoms with Crippen LogP contribution in [0.3, 0.4) is 0 Å². The highest BCUT2D eigenvalue weighted by molar-refractivity contribution is 6.10. The van der Waals surface area contributed by atoms with Crippen molar-refractivity contribution in [3.8, 4) is 33.4 Å². The molecule has 7 aromatic rings. The fourth-order valence-corrected chi connectivity index (χ4v) is 7.51. The second-order valence-corrected chi connectivity index (χ2v) is 10.9. The molecule has 2 aliphatic rings. The maximum Gasteiger partial charge on any atom is 0.143 e. The predicted molar refractivity (Wildman–Crippen MR) is 160 cm³/mol. The molecule has 0 amide bonds. The molecule has 9 rings (SSSR count). The Morgan fingerprint density at radius 3 is 1.95 bits per heavy atom. The van der Waals surface area contributed by atoms with Crippen molar-refractivity contribution in [2.45, 2.75) is 12.3 Å². The van der Waals surface area contributed by atoms with Gasteiger partial charge in [-0.05, 0) is 74.7 Å². The molecule has 2 aliphatic carbocycles. The summed E-state index contributed by atoms with van der Waals surface area (Å²) in [5.41, 5.74) is 16.0. The third kappa shape index (κ3) is 2.51. The summed E-state index contributed by atoms with van der Waals surface area (Å²) in [6.45, 7) is 2.25. The molecule has 0 atom stereocenters. The molecule has 1 heterocycles. The summed E-state index contributed by atoms with van der Waals surface area (Å²) in [6.07, 6.45) is 0.